The van der Waals surface area contributed by atoms with Gasteiger partial charge in [0, 0.05) is 11.1 Å². The molecule has 0 aliphatic rings. The highest BCUT2D eigenvalue weighted by Crippen LogP contribution is 2.24. The van der Waals surface area contributed by atoms with E-state index >= 15 is 0 Å². The van der Waals surface area contributed by atoms with Gasteiger partial charge in [-0.1, -0.05) is 11.6 Å². The molecule has 7 nitrogen and oxygen atoms in total. The van der Waals surface area contributed by atoms with Gasteiger partial charge in [0.05, 0.1) is 25.2 Å². The molecule has 0 fully saturated rings. The molecule has 0 amide bonds. The Morgan fingerprint density at radius 1 is 1.04 bits per heavy atom. The summed E-state index contributed by atoms with van der Waals surface area (Å²) in [7, 11) is 2.88. The van der Waals surface area contributed by atoms with Gasteiger partial charge in [-0.3, -0.25) is 9.59 Å². The molecule has 0 aliphatic carbocycles. The second-order valence-corrected chi connectivity index (χ2v) is 6.12. The third-order valence-corrected chi connectivity index (χ3v) is 4.17. The van der Waals surface area contributed by atoms with E-state index in [-0.39, 0.29) is 22.3 Å². The second kappa shape index (κ2) is 8.14. The summed E-state index contributed by atoms with van der Waals surface area (Å²) in [5.41, 5.74) is -0.0645. The van der Waals surface area contributed by atoms with Crippen LogP contribution in [0.25, 0.3) is 11.0 Å². The SMILES string of the molecule is COc1ccc(OC)c(C(=O)COC(=O)c2cc(=O)c3cc(Cl)ccc3o2)c1. The van der Waals surface area contributed by atoms with Crippen LogP contribution in [-0.2, 0) is 4.74 Å². The minimum absolute atomic E-state index is 0.185. The molecular weight excluding hydrogens is 388 g/mol. The van der Waals surface area contributed by atoms with E-state index in [0.717, 1.165) is 6.07 Å². The normalized spacial score (nSPS) is 10.5. The minimum Gasteiger partial charge on any atom is -0.497 e. The number of rotatable bonds is 6. The van der Waals surface area contributed by atoms with E-state index in [9.17, 15) is 14.4 Å². The van der Waals surface area contributed by atoms with Crippen LogP contribution in [0.2, 0.25) is 5.02 Å². The molecule has 3 rings (SSSR count). The molecule has 0 saturated carbocycles. The third kappa shape index (κ3) is 3.99. The van der Waals surface area contributed by atoms with Gasteiger partial charge < -0.3 is 18.6 Å². The highest BCUT2D eigenvalue weighted by atomic mass is 35.5. The van der Waals surface area contributed by atoms with Gasteiger partial charge in [0.15, 0.2) is 12.0 Å². The van der Waals surface area contributed by atoms with Crippen LogP contribution < -0.4 is 14.9 Å². The number of carbonyl (C=O) groups excluding carboxylic acids is 2. The average Bonchev–Trinajstić information content (AvgIpc) is 2.71. The van der Waals surface area contributed by atoms with Crippen LogP contribution in [0.1, 0.15) is 20.9 Å². The monoisotopic (exact) mass is 402 g/mol. The summed E-state index contributed by atoms with van der Waals surface area (Å²) in [6, 6.07) is 10.1. The fraction of sp³-hybridized carbons (Fsp3) is 0.150. The van der Waals surface area contributed by atoms with E-state index in [4.69, 9.17) is 30.2 Å². The van der Waals surface area contributed by atoms with Crippen molar-refractivity contribution in [2.45, 2.75) is 0 Å². The molecule has 0 spiro atoms. The number of methoxy groups -OCH3 is 2. The van der Waals surface area contributed by atoms with Crippen LogP contribution in [0, 0.1) is 0 Å². The van der Waals surface area contributed by atoms with Crippen LogP contribution in [-0.4, -0.2) is 32.6 Å². The van der Waals surface area contributed by atoms with Gasteiger partial charge in [-0.25, -0.2) is 4.79 Å². The molecule has 3 aromatic rings. The first-order valence-electron chi connectivity index (χ1n) is 8.08. The molecule has 2 aromatic carbocycles. The number of benzene rings is 2. The molecule has 144 valence electrons. The highest BCUT2D eigenvalue weighted by Gasteiger charge is 2.19. The van der Waals surface area contributed by atoms with Gasteiger partial charge in [-0.15, -0.1) is 0 Å². The van der Waals surface area contributed by atoms with Crippen molar-refractivity contribution in [3.63, 3.8) is 0 Å². The molecule has 0 bridgehead atoms. The Morgan fingerprint density at radius 3 is 2.54 bits per heavy atom. The van der Waals surface area contributed by atoms with Crippen molar-refractivity contribution < 1.29 is 28.2 Å². The fourth-order valence-electron chi connectivity index (χ4n) is 2.54. The molecule has 0 unspecified atom stereocenters. The smallest absolute Gasteiger partial charge is 0.374 e. The predicted molar refractivity (Wildman–Crippen MR) is 102 cm³/mol. The van der Waals surface area contributed by atoms with Gasteiger partial charge >= 0.3 is 5.97 Å². The summed E-state index contributed by atoms with van der Waals surface area (Å²) in [6.07, 6.45) is 0. The Balaban J connectivity index is 1.79. The Hall–Kier alpha value is -3.32. The van der Waals surface area contributed by atoms with Crippen molar-refractivity contribution in [2.75, 3.05) is 20.8 Å². The van der Waals surface area contributed by atoms with Crippen molar-refractivity contribution in [3.05, 3.63) is 69.0 Å². The van der Waals surface area contributed by atoms with Crippen molar-refractivity contribution in [1.82, 2.24) is 0 Å². The number of carbonyl (C=O) groups is 2. The summed E-state index contributed by atoms with van der Waals surface area (Å²) in [5.74, 6) is -0.987. The maximum absolute atomic E-state index is 12.4. The fourth-order valence-corrected chi connectivity index (χ4v) is 2.71. The van der Waals surface area contributed by atoms with Crippen LogP contribution >= 0.6 is 11.6 Å². The predicted octanol–water partition coefficient (Wildman–Crippen LogP) is 3.50. The molecule has 0 aliphatic heterocycles. The van der Waals surface area contributed by atoms with Crippen LogP contribution in [0.15, 0.2) is 51.7 Å². The second-order valence-electron chi connectivity index (χ2n) is 5.68. The molecular formula is C20H15ClO7. The Kier molecular flexibility index (Phi) is 5.65. The van der Waals surface area contributed by atoms with Crippen molar-refractivity contribution in [1.29, 1.82) is 0 Å². The van der Waals surface area contributed by atoms with E-state index in [1.165, 1.54) is 38.5 Å². The van der Waals surface area contributed by atoms with Gasteiger partial charge in [0.25, 0.3) is 0 Å². The minimum atomic E-state index is -0.941. The topological polar surface area (TPSA) is 92.0 Å². The summed E-state index contributed by atoms with van der Waals surface area (Å²) in [6.45, 7) is -0.565. The van der Waals surface area contributed by atoms with Crippen LogP contribution in [0.3, 0.4) is 0 Å². The first-order chi connectivity index (χ1) is 13.4. The number of fused-ring (bicyclic) bond motifs is 1. The largest absolute Gasteiger partial charge is 0.497 e. The highest BCUT2D eigenvalue weighted by molar-refractivity contribution is 6.31. The zero-order valence-corrected chi connectivity index (χ0v) is 15.7. The standard InChI is InChI=1S/C20H15ClO7/c1-25-12-4-6-17(26-2)14(8-12)16(23)10-27-20(24)19-9-15(22)13-7-11(21)3-5-18(13)28-19/h3-9H,10H2,1-2H3. The number of hydrogen-bond donors (Lipinski definition) is 0. The maximum Gasteiger partial charge on any atom is 0.374 e. The molecule has 8 heteroatoms. The van der Waals surface area contributed by atoms with Crippen molar-refractivity contribution >= 4 is 34.3 Å². The van der Waals surface area contributed by atoms with Crippen LogP contribution in [0.4, 0.5) is 0 Å². The quantitative estimate of drug-likeness (QED) is 0.460. The number of ketones is 1. The zero-order valence-electron chi connectivity index (χ0n) is 15.0. The third-order valence-electron chi connectivity index (χ3n) is 3.93. The van der Waals surface area contributed by atoms with Crippen LogP contribution in [0.5, 0.6) is 11.5 Å². The molecule has 0 radical (unpaired) electrons. The summed E-state index contributed by atoms with van der Waals surface area (Å²) in [4.78, 5) is 36.8. The first kappa shape index (κ1) is 19.4. The van der Waals surface area contributed by atoms with Gasteiger partial charge in [0.2, 0.25) is 11.5 Å². The summed E-state index contributed by atoms with van der Waals surface area (Å²) < 4.78 is 20.6. The lowest BCUT2D eigenvalue weighted by Gasteiger charge is -2.10. The van der Waals surface area contributed by atoms with Gasteiger partial charge in [0.1, 0.15) is 17.1 Å². The number of halogens is 1. The number of Topliss-reactive ketones (excluding diaryl/α,β-unsaturated/α-hetero) is 1. The Labute approximate surface area is 164 Å². The summed E-state index contributed by atoms with van der Waals surface area (Å²) in [5, 5.41) is 0.606. The number of hydrogen-bond acceptors (Lipinski definition) is 7. The summed E-state index contributed by atoms with van der Waals surface area (Å²) >= 11 is 5.85. The lowest BCUT2D eigenvalue weighted by atomic mass is 10.1. The molecule has 1 heterocycles. The number of esters is 1. The Bertz CT molecular complexity index is 1120. The number of ether oxygens (including phenoxy) is 3. The van der Waals surface area contributed by atoms with Crippen molar-refractivity contribution in [2.24, 2.45) is 0 Å². The van der Waals surface area contributed by atoms with E-state index in [0.29, 0.717) is 16.5 Å². The molecule has 0 N–H and O–H groups in total. The Morgan fingerprint density at radius 2 is 1.82 bits per heavy atom. The molecule has 28 heavy (non-hydrogen) atoms. The zero-order chi connectivity index (χ0) is 20.3. The van der Waals surface area contributed by atoms with E-state index < -0.39 is 23.8 Å². The molecule has 1 aromatic heterocycles. The van der Waals surface area contributed by atoms with Gasteiger partial charge in [-0.2, -0.15) is 0 Å². The lowest BCUT2D eigenvalue weighted by molar-refractivity contribution is 0.0443. The average molecular weight is 403 g/mol. The molecule has 0 atom stereocenters. The van der Waals surface area contributed by atoms with Gasteiger partial charge in [-0.05, 0) is 36.4 Å². The van der Waals surface area contributed by atoms with E-state index in [1.54, 1.807) is 12.1 Å². The van der Waals surface area contributed by atoms with E-state index in [2.05, 4.69) is 0 Å². The maximum atomic E-state index is 12.4. The van der Waals surface area contributed by atoms with E-state index in [1.807, 2.05) is 0 Å². The van der Waals surface area contributed by atoms with Crippen molar-refractivity contribution in [3.8, 4) is 11.5 Å². The lowest BCUT2D eigenvalue weighted by Crippen LogP contribution is -2.16. The molecule has 0 saturated heterocycles. The first-order valence-corrected chi connectivity index (χ1v) is 8.46.